The quantitative estimate of drug-likeness (QED) is 0.140. The third-order valence-electron chi connectivity index (χ3n) is 14.9. The lowest BCUT2D eigenvalue weighted by Crippen LogP contribution is -2.34. The number of anilines is 6. The van der Waals surface area contributed by atoms with Crippen LogP contribution in [0.3, 0.4) is 0 Å². The van der Waals surface area contributed by atoms with Gasteiger partial charge in [-0.1, -0.05) is 224 Å². The Hall–Kier alpha value is -8.89. The molecule has 0 N–H and O–H groups in total. The minimum absolute atomic E-state index is 0.607. The molecular formula is C69H46N2S. The van der Waals surface area contributed by atoms with Crippen molar-refractivity contribution in [2.75, 3.05) is 9.80 Å². The molecule has 0 atom stereocenters. The summed E-state index contributed by atoms with van der Waals surface area (Å²) in [5.74, 6) is 0. The van der Waals surface area contributed by atoms with Gasteiger partial charge in [0.2, 0.25) is 0 Å². The number of benzene rings is 12. The molecule has 12 aromatic carbocycles. The summed E-state index contributed by atoms with van der Waals surface area (Å²) in [6, 6.07) is 103. The molecule has 0 aromatic heterocycles. The first-order valence-corrected chi connectivity index (χ1v) is 25.6. The Balaban J connectivity index is 0.999. The summed E-state index contributed by atoms with van der Waals surface area (Å²) in [5, 5.41) is 5.06. The van der Waals surface area contributed by atoms with E-state index in [-0.39, 0.29) is 0 Å². The van der Waals surface area contributed by atoms with Crippen molar-refractivity contribution in [2.24, 2.45) is 0 Å². The summed E-state index contributed by atoms with van der Waals surface area (Å²) in [7, 11) is 0. The van der Waals surface area contributed by atoms with Crippen molar-refractivity contribution in [1.29, 1.82) is 0 Å². The van der Waals surface area contributed by atoms with E-state index in [1.54, 1.807) is 0 Å². The highest BCUT2D eigenvalue weighted by Gasteiger charge is 2.47. The second kappa shape index (κ2) is 17.2. The zero-order valence-electron chi connectivity index (χ0n) is 39.4. The lowest BCUT2D eigenvalue weighted by Gasteiger charge is -2.43. The summed E-state index contributed by atoms with van der Waals surface area (Å²) in [6.07, 6.45) is 0. The van der Waals surface area contributed by atoms with Gasteiger partial charge >= 0.3 is 0 Å². The van der Waals surface area contributed by atoms with Crippen molar-refractivity contribution < 1.29 is 0 Å². The lowest BCUT2D eigenvalue weighted by atomic mass is 9.64. The Kier molecular flexibility index (Phi) is 10.0. The standard InChI is InChI=1S/C69H46N2S/c1-5-18-47(19-6-1)49-32-36-54(37-33-49)70(55-38-34-50(35-39-55)48-20-7-2-8-21-48)56-40-42-57(43-41-56)71-64-30-16-15-28-59(64)61-46-51-22-13-14-27-58(51)60-44-45-63-68(66(60)61)72-67-62(29-17-31-65(67)71)69(63,52-23-9-3-10-24-52)53-25-11-4-12-26-53/h1-46H. The van der Waals surface area contributed by atoms with Crippen LogP contribution >= 0.6 is 11.8 Å². The molecule has 2 aliphatic heterocycles. The Labute approximate surface area is 424 Å². The second-order valence-corrected chi connectivity index (χ2v) is 19.8. The summed E-state index contributed by atoms with van der Waals surface area (Å²) >= 11 is 1.94. The van der Waals surface area contributed by atoms with Gasteiger partial charge in [-0.2, -0.15) is 0 Å². The Morgan fingerprint density at radius 2 is 0.819 bits per heavy atom. The summed E-state index contributed by atoms with van der Waals surface area (Å²) in [6.45, 7) is 0. The highest BCUT2D eigenvalue weighted by molar-refractivity contribution is 8.00. The molecule has 6 bridgehead atoms. The van der Waals surface area contributed by atoms with Crippen molar-refractivity contribution in [3.05, 3.63) is 301 Å². The molecule has 0 fully saturated rings. The maximum absolute atomic E-state index is 2.53. The third kappa shape index (κ3) is 6.66. The van der Waals surface area contributed by atoms with E-state index in [4.69, 9.17) is 0 Å². The van der Waals surface area contributed by atoms with Crippen LogP contribution < -0.4 is 9.80 Å². The van der Waals surface area contributed by atoms with Gasteiger partial charge in [-0.05, 0) is 133 Å². The van der Waals surface area contributed by atoms with Gasteiger partial charge in [-0.15, -0.1) is 0 Å². The van der Waals surface area contributed by atoms with Gasteiger partial charge in [0.15, 0.2) is 0 Å². The molecule has 3 heteroatoms. The molecule has 0 unspecified atom stereocenters. The van der Waals surface area contributed by atoms with Crippen LogP contribution in [0.15, 0.2) is 289 Å². The fraction of sp³-hybridized carbons (Fsp3) is 0.0145. The van der Waals surface area contributed by atoms with Crippen LogP contribution in [0.4, 0.5) is 34.1 Å². The van der Waals surface area contributed by atoms with E-state index in [0.29, 0.717) is 0 Å². The predicted octanol–water partition coefficient (Wildman–Crippen LogP) is 19.1. The van der Waals surface area contributed by atoms with E-state index in [9.17, 15) is 0 Å². The van der Waals surface area contributed by atoms with E-state index in [1.807, 2.05) is 11.8 Å². The molecule has 2 aliphatic rings. The Morgan fingerprint density at radius 3 is 1.43 bits per heavy atom. The monoisotopic (exact) mass is 934 g/mol. The average molecular weight is 935 g/mol. The molecule has 72 heavy (non-hydrogen) atoms. The average Bonchev–Trinajstić information content (AvgIpc) is 3.51. The van der Waals surface area contributed by atoms with Crippen LogP contribution in [0.1, 0.15) is 22.3 Å². The van der Waals surface area contributed by atoms with Crippen molar-refractivity contribution in [3.63, 3.8) is 0 Å². The zero-order valence-corrected chi connectivity index (χ0v) is 40.2. The fourth-order valence-electron chi connectivity index (χ4n) is 11.7. The molecule has 14 rings (SSSR count). The minimum Gasteiger partial charge on any atom is -0.311 e. The van der Waals surface area contributed by atoms with E-state index in [0.717, 1.165) is 34.1 Å². The first-order valence-electron chi connectivity index (χ1n) is 24.7. The van der Waals surface area contributed by atoms with E-state index < -0.39 is 5.41 Å². The number of rotatable bonds is 8. The number of para-hydroxylation sites is 1. The number of fused-ring (bicyclic) bond motifs is 4. The van der Waals surface area contributed by atoms with Crippen molar-refractivity contribution in [1.82, 2.24) is 0 Å². The predicted molar refractivity (Wildman–Crippen MR) is 303 cm³/mol. The van der Waals surface area contributed by atoms with Gasteiger partial charge in [-0.3, -0.25) is 0 Å². The fourth-order valence-corrected chi connectivity index (χ4v) is 13.1. The van der Waals surface area contributed by atoms with Crippen molar-refractivity contribution >= 4 is 67.4 Å². The molecule has 0 aliphatic carbocycles. The second-order valence-electron chi connectivity index (χ2n) is 18.8. The smallest absolute Gasteiger partial charge is 0.0724 e. The van der Waals surface area contributed by atoms with E-state index >= 15 is 0 Å². The molecule has 0 radical (unpaired) electrons. The maximum atomic E-state index is 2.53. The summed E-state index contributed by atoms with van der Waals surface area (Å²) < 4.78 is 0. The number of hydrogen-bond donors (Lipinski definition) is 0. The summed E-state index contributed by atoms with van der Waals surface area (Å²) in [5.41, 5.74) is 18.3. The topological polar surface area (TPSA) is 6.48 Å². The highest BCUT2D eigenvalue weighted by atomic mass is 32.2. The first-order chi connectivity index (χ1) is 35.7. The van der Waals surface area contributed by atoms with Gasteiger partial charge < -0.3 is 9.80 Å². The van der Waals surface area contributed by atoms with Gasteiger partial charge in [0.1, 0.15) is 0 Å². The third-order valence-corrected chi connectivity index (χ3v) is 16.2. The SMILES string of the molecule is c1ccc(-c2ccc(N(c3ccc(-c4ccccc4)cc3)c3ccc(N4c5ccccc5-c5cc6ccccc6c6ccc7c(c56)Sc5c4cccc5C7(c4ccccc4)c4ccccc4)cc3)cc2)cc1. The van der Waals surface area contributed by atoms with E-state index in [1.165, 1.54) is 87.0 Å². The van der Waals surface area contributed by atoms with Gasteiger partial charge in [0.05, 0.1) is 16.8 Å². The Bertz CT molecular complexity index is 3850. The van der Waals surface area contributed by atoms with Gasteiger partial charge in [-0.25, -0.2) is 0 Å². The largest absolute Gasteiger partial charge is 0.311 e. The highest BCUT2D eigenvalue weighted by Crippen LogP contribution is 2.62. The minimum atomic E-state index is -0.607. The van der Waals surface area contributed by atoms with Crippen LogP contribution in [0.5, 0.6) is 0 Å². The molecule has 2 nitrogen and oxygen atoms in total. The summed E-state index contributed by atoms with van der Waals surface area (Å²) in [4.78, 5) is 7.46. The van der Waals surface area contributed by atoms with E-state index in [2.05, 4.69) is 289 Å². The molecule has 2 heterocycles. The van der Waals surface area contributed by atoms with Crippen LogP contribution in [0.25, 0.3) is 54.9 Å². The molecule has 0 saturated carbocycles. The molecule has 338 valence electrons. The van der Waals surface area contributed by atoms with Gasteiger partial charge in [0.25, 0.3) is 0 Å². The Morgan fingerprint density at radius 1 is 0.333 bits per heavy atom. The molecule has 0 saturated heterocycles. The van der Waals surface area contributed by atoms with Gasteiger partial charge in [0, 0.05) is 43.5 Å². The van der Waals surface area contributed by atoms with Crippen molar-refractivity contribution in [2.45, 2.75) is 15.2 Å². The number of nitrogens with zero attached hydrogens (tertiary/aromatic N) is 2. The molecular weight excluding hydrogens is 889 g/mol. The molecule has 0 amide bonds. The normalized spacial score (nSPS) is 13.0. The maximum Gasteiger partial charge on any atom is 0.0724 e. The molecule has 12 aromatic rings. The van der Waals surface area contributed by atoms with Crippen LogP contribution in [0.2, 0.25) is 0 Å². The van der Waals surface area contributed by atoms with Crippen LogP contribution in [0, 0.1) is 0 Å². The molecule has 0 spiro atoms. The first kappa shape index (κ1) is 42.0. The van der Waals surface area contributed by atoms with Crippen LogP contribution in [-0.2, 0) is 5.41 Å². The van der Waals surface area contributed by atoms with Crippen molar-refractivity contribution in [3.8, 4) is 33.4 Å². The lowest BCUT2D eigenvalue weighted by molar-refractivity contribution is 0.706. The van der Waals surface area contributed by atoms with Crippen LogP contribution in [-0.4, -0.2) is 0 Å². The number of hydrogen-bond acceptors (Lipinski definition) is 3. The zero-order chi connectivity index (χ0) is 47.6.